The van der Waals surface area contributed by atoms with Gasteiger partial charge >= 0.3 is 0 Å². The number of halogens is 1. The first-order valence-electron chi connectivity index (χ1n) is 6.52. The van der Waals surface area contributed by atoms with Gasteiger partial charge in [0.1, 0.15) is 5.82 Å². The summed E-state index contributed by atoms with van der Waals surface area (Å²) in [6.45, 7) is 7.72. The van der Waals surface area contributed by atoms with Gasteiger partial charge in [-0.1, -0.05) is 6.92 Å². The first-order chi connectivity index (χ1) is 8.66. The fourth-order valence-corrected chi connectivity index (χ4v) is 3.39. The molecule has 0 aliphatic carbocycles. The van der Waals surface area contributed by atoms with Crippen LogP contribution in [0.3, 0.4) is 0 Å². The Labute approximate surface area is 113 Å². The Morgan fingerprint density at radius 2 is 2.06 bits per heavy atom. The third-order valence-electron chi connectivity index (χ3n) is 3.59. The van der Waals surface area contributed by atoms with Crippen LogP contribution in [-0.2, 0) is 0 Å². The Bertz CT molecular complexity index is 369. The van der Waals surface area contributed by atoms with Gasteiger partial charge in [-0.15, -0.1) is 0 Å². The Kier molecular flexibility index (Phi) is 4.89. The molecule has 1 aromatic carbocycles. The molecule has 18 heavy (non-hydrogen) atoms. The summed E-state index contributed by atoms with van der Waals surface area (Å²) in [7, 11) is 0. The minimum Gasteiger partial charge on any atom is -0.384 e. The fourth-order valence-electron chi connectivity index (χ4n) is 2.22. The molecule has 0 bridgehead atoms. The Morgan fingerprint density at radius 1 is 1.33 bits per heavy atom. The van der Waals surface area contributed by atoms with Crippen LogP contribution in [0, 0.1) is 5.82 Å². The predicted octanol–water partition coefficient (Wildman–Crippen LogP) is 3.06. The summed E-state index contributed by atoms with van der Waals surface area (Å²) in [5.41, 5.74) is 0.989. The maximum absolute atomic E-state index is 12.8. The number of hydrogen-bond acceptors (Lipinski definition) is 3. The molecular weight excluding hydrogens is 247 g/mol. The van der Waals surface area contributed by atoms with Gasteiger partial charge in [0.05, 0.1) is 0 Å². The average Bonchev–Trinajstić information content (AvgIpc) is 2.37. The number of nitrogens with one attached hydrogen (secondary N) is 1. The van der Waals surface area contributed by atoms with E-state index < -0.39 is 0 Å². The van der Waals surface area contributed by atoms with Crippen LogP contribution in [0.1, 0.15) is 13.8 Å². The molecule has 0 radical (unpaired) electrons. The number of nitrogens with zero attached hydrogens (tertiary/aromatic N) is 1. The normalized spacial score (nSPS) is 25.1. The van der Waals surface area contributed by atoms with Crippen LogP contribution in [-0.4, -0.2) is 41.6 Å². The van der Waals surface area contributed by atoms with Gasteiger partial charge in [0.25, 0.3) is 0 Å². The zero-order chi connectivity index (χ0) is 13.0. The van der Waals surface area contributed by atoms with Gasteiger partial charge in [0, 0.05) is 42.4 Å². The van der Waals surface area contributed by atoms with Crippen molar-refractivity contribution < 1.29 is 4.39 Å². The van der Waals surface area contributed by atoms with E-state index in [1.54, 1.807) is 12.1 Å². The summed E-state index contributed by atoms with van der Waals surface area (Å²) >= 11 is 2.06. The Morgan fingerprint density at radius 3 is 2.78 bits per heavy atom. The smallest absolute Gasteiger partial charge is 0.123 e. The molecule has 1 aromatic rings. The Balaban J connectivity index is 1.76. The van der Waals surface area contributed by atoms with E-state index in [2.05, 4.69) is 35.8 Å². The van der Waals surface area contributed by atoms with Crippen molar-refractivity contribution in [3.8, 4) is 0 Å². The maximum atomic E-state index is 12.8. The lowest BCUT2D eigenvalue weighted by atomic mass is 10.2. The van der Waals surface area contributed by atoms with Crippen molar-refractivity contribution in [1.29, 1.82) is 0 Å². The summed E-state index contributed by atoms with van der Waals surface area (Å²) in [5.74, 6) is 1.04. The standard InChI is InChI=1S/C14H21FN2S/c1-11-12(2)18-10-9-17(11)8-7-16-14-5-3-13(15)4-6-14/h3-6,11-12,16H,7-10H2,1-2H3. The van der Waals surface area contributed by atoms with E-state index in [1.165, 1.54) is 24.4 Å². The molecule has 1 heterocycles. The van der Waals surface area contributed by atoms with Crippen molar-refractivity contribution in [3.63, 3.8) is 0 Å². The second-order valence-corrected chi connectivity index (χ2v) is 6.27. The van der Waals surface area contributed by atoms with E-state index in [4.69, 9.17) is 0 Å². The first-order valence-corrected chi connectivity index (χ1v) is 7.57. The van der Waals surface area contributed by atoms with E-state index in [0.29, 0.717) is 11.3 Å². The maximum Gasteiger partial charge on any atom is 0.123 e. The molecule has 2 rings (SSSR count). The van der Waals surface area contributed by atoms with Crippen LogP contribution >= 0.6 is 11.8 Å². The van der Waals surface area contributed by atoms with Crippen LogP contribution in [0.25, 0.3) is 0 Å². The van der Waals surface area contributed by atoms with Gasteiger partial charge in [-0.25, -0.2) is 4.39 Å². The van der Waals surface area contributed by atoms with E-state index in [1.807, 2.05) is 0 Å². The van der Waals surface area contributed by atoms with Gasteiger partial charge < -0.3 is 5.32 Å². The van der Waals surface area contributed by atoms with E-state index in [-0.39, 0.29) is 5.82 Å². The van der Waals surface area contributed by atoms with E-state index in [9.17, 15) is 4.39 Å². The minimum absolute atomic E-state index is 0.184. The molecule has 100 valence electrons. The number of hydrogen-bond donors (Lipinski definition) is 1. The van der Waals surface area contributed by atoms with Gasteiger partial charge in [0.2, 0.25) is 0 Å². The van der Waals surface area contributed by atoms with Gasteiger partial charge in [-0.2, -0.15) is 11.8 Å². The van der Waals surface area contributed by atoms with Crippen LogP contribution in [0.2, 0.25) is 0 Å². The first kappa shape index (κ1) is 13.7. The molecule has 2 unspecified atom stereocenters. The molecule has 0 spiro atoms. The van der Waals surface area contributed by atoms with Crippen molar-refractivity contribution >= 4 is 17.4 Å². The molecule has 0 saturated carbocycles. The number of rotatable bonds is 4. The number of anilines is 1. The molecule has 1 fully saturated rings. The average molecular weight is 268 g/mol. The molecule has 1 N–H and O–H groups in total. The van der Waals surface area contributed by atoms with Crippen molar-refractivity contribution in [2.75, 3.05) is 30.7 Å². The highest BCUT2D eigenvalue weighted by Gasteiger charge is 2.24. The van der Waals surface area contributed by atoms with Crippen LogP contribution in [0.15, 0.2) is 24.3 Å². The van der Waals surface area contributed by atoms with Crippen molar-refractivity contribution in [3.05, 3.63) is 30.1 Å². The highest BCUT2D eigenvalue weighted by molar-refractivity contribution is 8.00. The third-order valence-corrected chi connectivity index (χ3v) is 4.92. The summed E-state index contributed by atoms with van der Waals surface area (Å²) in [4.78, 5) is 2.53. The third kappa shape index (κ3) is 3.62. The van der Waals surface area contributed by atoms with Crippen LogP contribution in [0.4, 0.5) is 10.1 Å². The molecule has 1 aliphatic heterocycles. The predicted molar refractivity (Wildman–Crippen MR) is 77.8 cm³/mol. The minimum atomic E-state index is -0.184. The number of benzene rings is 1. The molecule has 0 amide bonds. The molecule has 1 saturated heterocycles. The molecule has 2 atom stereocenters. The van der Waals surface area contributed by atoms with Crippen molar-refractivity contribution in [2.24, 2.45) is 0 Å². The highest BCUT2D eigenvalue weighted by atomic mass is 32.2. The van der Waals surface area contributed by atoms with Gasteiger partial charge in [-0.3, -0.25) is 4.90 Å². The molecular formula is C14H21FN2S. The SMILES string of the molecule is CC1SCCN(CCNc2ccc(F)cc2)C1C. The summed E-state index contributed by atoms with van der Waals surface area (Å²) in [6.07, 6.45) is 0. The van der Waals surface area contributed by atoms with Crippen LogP contribution in [0.5, 0.6) is 0 Å². The topological polar surface area (TPSA) is 15.3 Å². The van der Waals surface area contributed by atoms with Crippen molar-refractivity contribution in [2.45, 2.75) is 25.1 Å². The fraction of sp³-hybridized carbons (Fsp3) is 0.571. The summed E-state index contributed by atoms with van der Waals surface area (Å²) in [5, 5.41) is 4.05. The monoisotopic (exact) mass is 268 g/mol. The lowest BCUT2D eigenvalue weighted by Gasteiger charge is -2.37. The lowest BCUT2D eigenvalue weighted by molar-refractivity contribution is 0.221. The largest absolute Gasteiger partial charge is 0.384 e. The summed E-state index contributed by atoms with van der Waals surface area (Å²) in [6, 6.07) is 7.19. The summed E-state index contributed by atoms with van der Waals surface area (Å²) < 4.78 is 12.8. The zero-order valence-corrected chi connectivity index (χ0v) is 11.8. The van der Waals surface area contributed by atoms with Crippen molar-refractivity contribution in [1.82, 2.24) is 4.90 Å². The molecule has 1 aliphatic rings. The van der Waals surface area contributed by atoms with Gasteiger partial charge in [0.15, 0.2) is 0 Å². The highest BCUT2D eigenvalue weighted by Crippen LogP contribution is 2.23. The quantitative estimate of drug-likeness (QED) is 0.903. The zero-order valence-electron chi connectivity index (χ0n) is 11.0. The lowest BCUT2D eigenvalue weighted by Crippen LogP contribution is -2.46. The molecule has 2 nitrogen and oxygen atoms in total. The van der Waals surface area contributed by atoms with Gasteiger partial charge in [-0.05, 0) is 31.2 Å². The van der Waals surface area contributed by atoms with Crippen LogP contribution < -0.4 is 5.32 Å². The van der Waals surface area contributed by atoms with E-state index >= 15 is 0 Å². The second-order valence-electron chi connectivity index (χ2n) is 4.79. The second kappa shape index (κ2) is 6.43. The molecule has 0 aromatic heterocycles. The Hall–Kier alpha value is -0.740. The molecule has 4 heteroatoms. The van der Waals surface area contributed by atoms with E-state index in [0.717, 1.165) is 18.8 Å². The number of thioether (sulfide) groups is 1.